The van der Waals surface area contributed by atoms with Gasteiger partial charge in [-0.25, -0.2) is 10.6 Å². The van der Waals surface area contributed by atoms with Gasteiger partial charge in [-0.1, -0.05) is 54.6 Å². The molecule has 3 aliphatic heterocycles. The second-order valence-corrected chi connectivity index (χ2v) is 9.82. The van der Waals surface area contributed by atoms with Gasteiger partial charge in [-0.2, -0.15) is 5.10 Å². The van der Waals surface area contributed by atoms with Crippen LogP contribution in [0.2, 0.25) is 0 Å². The first-order chi connectivity index (χ1) is 17.7. The number of nitrogens with one attached hydrogen (secondary N) is 2. The zero-order valence-corrected chi connectivity index (χ0v) is 20.1. The van der Waals surface area contributed by atoms with Crippen LogP contribution in [0.1, 0.15) is 23.5 Å². The van der Waals surface area contributed by atoms with Gasteiger partial charge in [0.25, 0.3) is 0 Å². The van der Waals surface area contributed by atoms with E-state index in [0.717, 1.165) is 24.2 Å². The van der Waals surface area contributed by atoms with Crippen molar-refractivity contribution in [2.75, 3.05) is 26.2 Å². The van der Waals surface area contributed by atoms with Crippen molar-refractivity contribution in [1.82, 2.24) is 25.6 Å². The highest BCUT2D eigenvalue weighted by Gasteiger charge is 2.42. The number of urea groups is 1. The summed E-state index contributed by atoms with van der Waals surface area (Å²) in [5, 5.41) is 9.52. The number of hydrazone groups is 1. The molecule has 2 fully saturated rings. The minimum Gasteiger partial charge on any atom is -0.323 e. The summed E-state index contributed by atoms with van der Waals surface area (Å²) in [5.74, 6) is 6.83. The lowest BCUT2D eigenvalue weighted by Gasteiger charge is -2.39. The van der Waals surface area contributed by atoms with Gasteiger partial charge in [-0.3, -0.25) is 9.99 Å². The summed E-state index contributed by atoms with van der Waals surface area (Å²) in [7, 11) is 0. The quantitative estimate of drug-likeness (QED) is 0.302. The molecule has 3 aliphatic rings. The summed E-state index contributed by atoms with van der Waals surface area (Å²) in [6.07, 6.45) is 4.39. The van der Waals surface area contributed by atoms with Crippen LogP contribution in [0.5, 0.6) is 0 Å². The molecule has 36 heavy (non-hydrogen) atoms. The first kappa shape index (κ1) is 22.7. The van der Waals surface area contributed by atoms with Crippen LogP contribution in [0.4, 0.5) is 4.79 Å². The van der Waals surface area contributed by atoms with Gasteiger partial charge in [0, 0.05) is 56.0 Å². The van der Waals surface area contributed by atoms with Gasteiger partial charge in [0.15, 0.2) is 0 Å². The van der Waals surface area contributed by atoms with Crippen LogP contribution in [0.3, 0.4) is 0 Å². The topological polar surface area (TPSA) is 98.9 Å². The normalized spacial score (nSPS) is 25.1. The second-order valence-electron chi connectivity index (χ2n) is 9.82. The average molecular weight is 482 g/mol. The molecular formula is C28H31N7O. The van der Waals surface area contributed by atoms with Crippen molar-refractivity contribution >= 4 is 11.7 Å². The second kappa shape index (κ2) is 9.72. The number of fused-ring (bicyclic) bond motifs is 1. The molecule has 0 aliphatic carbocycles. The molecule has 0 spiro atoms. The van der Waals surface area contributed by atoms with Crippen molar-refractivity contribution in [1.29, 1.82) is 0 Å². The van der Waals surface area contributed by atoms with Gasteiger partial charge in [0.1, 0.15) is 0 Å². The van der Waals surface area contributed by atoms with E-state index in [2.05, 4.69) is 69.4 Å². The van der Waals surface area contributed by atoms with E-state index in [9.17, 15) is 4.79 Å². The highest BCUT2D eigenvalue weighted by molar-refractivity contribution is 6.03. The van der Waals surface area contributed by atoms with Crippen molar-refractivity contribution in [2.45, 2.75) is 24.4 Å². The third-order valence-electron chi connectivity index (χ3n) is 7.74. The predicted octanol–water partition coefficient (Wildman–Crippen LogP) is 2.80. The SMILES string of the molecule is NN(C(=O)N1CCC2NN=C(c3ccncc3)C2C1)C1CNC[C@H]1c1cccc(-c2ccccc2)c1. The van der Waals surface area contributed by atoms with Gasteiger partial charge in [0.05, 0.1) is 17.8 Å². The Kier molecular flexibility index (Phi) is 6.13. The Hall–Kier alpha value is -3.75. The number of hydrogen-bond donors (Lipinski definition) is 3. The first-order valence-corrected chi connectivity index (χ1v) is 12.6. The van der Waals surface area contributed by atoms with Crippen LogP contribution < -0.4 is 16.6 Å². The van der Waals surface area contributed by atoms with Crippen molar-refractivity contribution in [3.8, 4) is 11.1 Å². The summed E-state index contributed by atoms with van der Waals surface area (Å²) in [6, 6.07) is 22.9. The summed E-state index contributed by atoms with van der Waals surface area (Å²) in [4.78, 5) is 19.6. The van der Waals surface area contributed by atoms with E-state index in [1.54, 1.807) is 12.4 Å². The largest absolute Gasteiger partial charge is 0.334 e. The summed E-state index contributed by atoms with van der Waals surface area (Å²) in [6.45, 7) is 2.72. The number of hydrazine groups is 1. The van der Waals surface area contributed by atoms with Crippen molar-refractivity contribution in [3.63, 3.8) is 0 Å². The highest BCUT2D eigenvalue weighted by Crippen LogP contribution is 2.31. The number of pyridine rings is 1. The number of amides is 2. The number of rotatable bonds is 4. The number of nitrogens with zero attached hydrogens (tertiary/aromatic N) is 4. The lowest BCUT2D eigenvalue weighted by molar-refractivity contribution is 0.114. The third kappa shape index (κ3) is 4.23. The molecule has 4 atom stereocenters. The van der Waals surface area contributed by atoms with Crippen LogP contribution in [0.15, 0.2) is 84.2 Å². The molecule has 3 aromatic rings. The van der Waals surface area contributed by atoms with Crippen molar-refractivity contribution in [3.05, 3.63) is 90.3 Å². The average Bonchev–Trinajstić information content (AvgIpc) is 3.61. The summed E-state index contributed by atoms with van der Waals surface area (Å²) >= 11 is 0. The number of carbonyl (C=O) groups excluding carboxylic acids is 1. The van der Waals surface area contributed by atoms with Gasteiger partial charge in [-0.15, -0.1) is 0 Å². The molecule has 8 nitrogen and oxygen atoms in total. The van der Waals surface area contributed by atoms with E-state index in [4.69, 9.17) is 5.84 Å². The number of benzene rings is 2. The molecule has 4 N–H and O–H groups in total. The molecule has 0 saturated carbocycles. The maximum atomic E-state index is 13.6. The molecular weight excluding hydrogens is 450 g/mol. The van der Waals surface area contributed by atoms with Gasteiger partial charge >= 0.3 is 6.03 Å². The van der Waals surface area contributed by atoms with Gasteiger partial charge in [-0.05, 0) is 35.2 Å². The number of hydrogen-bond acceptors (Lipinski definition) is 6. The maximum Gasteiger partial charge on any atom is 0.334 e. The van der Waals surface area contributed by atoms with Crippen LogP contribution in [0, 0.1) is 5.92 Å². The van der Waals surface area contributed by atoms with E-state index >= 15 is 0 Å². The predicted molar refractivity (Wildman–Crippen MR) is 140 cm³/mol. The molecule has 0 bridgehead atoms. The molecule has 6 rings (SSSR count). The van der Waals surface area contributed by atoms with Gasteiger partial charge < -0.3 is 15.6 Å². The molecule has 2 aromatic carbocycles. The number of aromatic nitrogens is 1. The minimum atomic E-state index is -0.118. The molecule has 184 valence electrons. The van der Waals surface area contributed by atoms with Crippen molar-refractivity contribution < 1.29 is 4.79 Å². The van der Waals surface area contributed by atoms with E-state index in [1.165, 1.54) is 21.7 Å². The molecule has 1 aromatic heterocycles. The fourth-order valence-corrected chi connectivity index (χ4v) is 5.78. The van der Waals surface area contributed by atoms with Crippen LogP contribution in [-0.2, 0) is 0 Å². The lowest BCUT2D eigenvalue weighted by atomic mass is 9.87. The van der Waals surface area contributed by atoms with Gasteiger partial charge in [0.2, 0.25) is 0 Å². The molecule has 4 heterocycles. The van der Waals surface area contributed by atoms with Crippen molar-refractivity contribution in [2.24, 2.45) is 16.9 Å². The fraction of sp³-hybridized carbons (Fsp3) is 0.321. The molecule has 3 unspecified atom stereocenters. The van der Waals surface area contributed by atoms with E-state index < -0.39 is 0 Å². The molecule has 0 radical (unpaired) electrons. The number of piperidine rings is 1. The zero-order chi connectivity index (χ0) is 24.5. The number of likely N-dealkylation sites (tertiary alicyclic amines) is 1. The third-order valence-corrected chi connectivity index (χ3v) is 7.74. The number of nitrogens with two attached hydrogens (primary N) is 1. The maximum absolute atomic E-state index is 13.6. The van der Waals surface area contributed by atoms with E-state index in [0.29, 0.717) is 19.6 Å². The summed E-state index contributed by atoms with van der Waals surface area (Å²) in [5.41, 5.74) is 8.86. The Balaban J connectivity index is 1.18. The summed E-state index contributed by atoms with van der Waals surface area (Å²) < 4.78 is 0. The van der Waals surface area contributed by atoms with Crippen LogP contribution >= 0.6 is 0 Å². The molecule has 2 amide bonds. The minimum absolute atomic E-state index is 0.115. The monoisotopic (exact) mass is 481 g/mol. The van der Waals surface area contributed by atoms with Crippen LogP contribution in [0.25, 0.3) is 11.1 Å². The lowest BCUT2D eigenvalue weighted by Crippen LogP contribution is -2.58. The fourth-order valence-electron chi connectivity index (χ4n) is 5.78. The number of carbonyl (C=O) groups is 1. The smallest absolute Gasteiger partial charge is 0.323 e. The Morgan fingerprint density at radius 3 is 2.58 bits per heavy atom. The highest BCUT2D eigenvalue weighted by atomic mass is 16.2. The first-order valence-electron chi connectivity index (χ1n) is 12.6. The van der Waals surface area contributed by atoms with E-state index in [1.807, 2.05) is 23.1 Å². The Labute approximate surface area is 211 Å². The molecule has 8 heteroatoms. The molecule has 2 saturated heterocycles. The zero-order valence-electron chi connectivity index (χ0n) is 20.1. The Bertz CT molecular complexity index is 1250. The Morgan fingerprint density at radius 1 is 0.944 bits per heavy atom. The van der Waals surface area contributed by atoms with Crippen LogP contribution in [-0.4, -0.2) is 64.9 Å². The standard InChI is InChI=1S/C28H31N7O/c29-35(26-17-31-16-23(26)22-8-4-7-21(15-22)19-5-2-1-3-6-19)28(36)34-14-11-25-24(18-34)27(33-32-25)20-9-12-30-13-10-20/h1-10,12-13,15,23-26,31-32H,11,14,16-18,29H2/t23-,24?,25?,26?/m0/s1. The Morgan fingerprint density at radius 2 is 1.75 bits per heavy atom. The van der Waals surface area contributed by atoms with E-state index in [-0.39, 0.29) is 30.0 Å².